The molecule has 0 aromatic carbocycles. The van der Waals surface area contributed by atoms with Crippen LogP contribution in [0.2, 0.25) is 43.9 Å². The average Bonchev–Trinajstić information content (AvgIpc) is 2.21. The van der Waals surface area contributed by atoms with E-state index in [0.29, 0.717) is 0 Å². The fraction of sp³-hybridized carbons (Fsp3) is 0.750. The largest absolute Gasteiger partial charge is 0.481 e. The maximum Gasteiger partial charge on any atom is 0.310 e. The van der Waals surface area contributed by atoms with Gasteiger partial charge in [0.05, 0.1) is 29.7 Å². The number of hydrogen-bond donors (Lipinski definition) is 2. The highest BCUT2D eigenvalue weighted by atomic mass is 28.4. The quantitative estimate of drug-likeness (QED) is 0.423. The third-order valence-corrected chi connectivity index (χ3v) is 14.2. The second kappa shape index (κ2) is 6.19. The Kier molecular flexibility index (Phi) is 5.88. The van der Waals surface area contributed by atoms with Crippen LogP contribution in [0.15, 0.2) is 0 Å². The second-order valence-corrected chi connectivity index (χ2v) is 18.1. The van der Waals surface area contributed by atoms with Crippen molar-refractivity contribution in [3.05, 3.63) is 0 Å². The number of carbonyl (C=O) groups is 3. The van der Waals surface area contributed by atoms with Gasteiger partial charge < -0.3 is 5.11 Å². The Morgan fingerprint density at radius 1 is 1.05 bits per heavy atom. The molecule has 0 heterocycles. The summed E-state index contributed by atoms with van der Waals surface area (Å²) in [4.78, 5) is 40.5. The lowest BCUT2D eigenvalue weighted by Crippen LogP contribution is -2.62. The van der Waals surface area contributed by atoms with Crippen LogP contribution in [0.25, 0.3) is 0 Å². The van der Waals surface area contributed by atoms with Gasteiger partial charge in [0, 0.05) is 4.66 Å². The number of nitrogens with one attached hydrogen (secondary N) is 1. The van der Waals surface area contributed by atoms with Crippen molar-refractivity contribution in [1.29, 1.82) is 0 Å². The molecule has 0 bridgehead atoms. The lowest BCUT2D eigenvalue weighted by atomic mass is 10.2. The van der Waals surface area contributed by atoms with Crippen LogP contribution in [-0.4, -0.2) is 46.0 Å². The highest BCUT2D eigenvalue weighted by Crippen LogP contribution is 2.50. The van der Waals surface area contributed by atoms with E-state index >= 15 is 0 Å². The SMILES string of the molecule is CONC(=O)C(=O)C(CC(=O)O)([Si](C)(C)C)[Si](C)(C)C. The summed E-state index contributed by atoms with van der Waals surface area (Å²) in [5.74, 6) is -2.56. The zero-order valence-electron chi connectivity index (χ0n) is 13.3. The summed E-state index contributed by atoms with van der Waals surface area (Å²) < 4.78 is -1.07. The molecule has 0 saturated heterocycles. The normalized spacial score (nSPS) is 12.9. The molecule has 0 fully saturated rings. The van der Waals surface area contributed by atoms with Crippen LogP contribution in [0, 0.1) is 0 Å². The van der Waals surface area contributed by atoms with Crippen LogP contribution in [0.4, 0.5) is 0 Å². The van der Waals surface area contributed by atoms with Crippen molar-refractivity contribution in [3.63, 3.8) is 0 Å². The molecule has 0 radical (unpaired) electrons. The molecule has 0 rings (SSSR count). The highest BCUT2D eigenvalue weighted by molar-refractivity contribution is 7.04. The van der Waals surface area contributed by atoms with Gasteiger partial charge in [0.2, 0.25) is 5.78 Å². The van der Waals surface area contributed by atoms with Gasteiger partial charge in [-0.15, -0.1) is 0 Å². The van der Waals surface area contributed by atoms with Crippen LogP contribution in [0.3, 0.4) is 0 Å². The molecule has 0 atom stereocenters. The first-order valence-electron chi connectivity index (χ1n) is 6.41. The van der Waals surface area contributed by atoms with E-state index in [1.807, 2.05) is 44.8 Å². The number of carboxylic acid groups (broad SMARTS) is 1. The summed E-state index contributed by atoms with van der Waals surface area (Å²) in [6, 6.07) is 0. The van der Waals surface area contributed by atoms with Crippen molar-refractivity contribution in [3.8, 4) is 0 Å². The molecular weight excluding hydrogens is 294 g/mol. The van der Waals surface area contributed by atoms with E-state index < -0.39 is 38.5 Å². The van der Waals surface area contributed by atoms with Crippen molar-refractivity contribution < 1.29 is 24.3 Å². The van der Waals surface area contributed by atoms with E-state index in [9.17, 15) is 19.5 Å². The van der Waals surface area contributed by atoms with Crippen molar-refractivity contribution in [2.45, 2.75) is 50.4 Å². The minimum Gasteiger partial charge on any atom is -0.481 e. The van der Waals surface area contributed by atoms with Crippen LogP contribution in [0.5, 0.6) is 0 Å². The molecule has 116 valence electrons. The van der Waals surface area contributed by atoms with E-state index in [2.05, 4.69) is 4.84 Å². The molecule has 20 heavy (non-hydrogen) atoms. The van der Waals surface area contributed by atoms with Gasteiger partial charge in [-0.2, -0.15) is 0 Å². The van der Waals surface area contributed by atoms with Gasteiger partial charge in [-0.3, -0.25) is 19.2 Å². The van der Waals surface area contributed by atoms with E-state index in [4.69, 9.17) is 0 Å². The number of ketones is 1. The van der Waals surface area contributed by atoms with Crippen LogP contribution < -0.4 is 5.48 Å². The summed E-state index contributed by atoms with van der Waals surface area (Å²) in [6.45, 7) is 11.6. The van der Waals surface area contributed by atoms with Crippen LogP contribution in [-0.2, 0) is 19.2 Å². The number of carbonyl (C=O) groups excluding carboxylic acids is 2. The minimum absolute atomic E-state index is 0.297. The third kappa shape index (κ3) is 3.55. The third-order valence-electron chi connectivity index (χ3n) is 3.77. The predicted molar refractivity (Wildman–Crippen MR) is 81.8 cm³/mol. The molecule has 0 aliphatic carbocycles. The Bertz CT molecular complexity index is 395. The Labute approximate surface area is 121 Å². The van der Waals surface area contributed by atoms with Gasteiger partial charge in [-0.1, -0.05) is 39.3 Å². The Balaban J connectivity index is 6.08. The number of amides is 1. The van der Waals surface area contributed by atoms with E-state index in [1.165, 1.54) is 7.11 Å². The fourth-order valence-corrected chi connectivity index (χ4v) is 14.9. The van der Waals surface area contributed by atoms with Crippen LogP contribution in [0.1, 0.15) is 6.42 Å². The zero-order chi connectivity index (χ0) is 16.4. The van der Waals surface area contributed by atoms with Crippen molar-refractivity contribution in [2.24, 2.45) is 0 Å². The molecule has 0 spiro atoms. The van der Waals surface area contributed by atoms with Gasteiger partial charge in [-0.05, 0) is 0 Å². The first-order chi connectivity index (χ1) is 8.81. The molecule has 2 N–H and O–H groups in total. The van der Waals surface area contributed by atoms with E-state index in [0.717, 1.165) is 0 Å². The standard InChI is InChI=1S/C12H25NO5Si2/c1-18-13-11(17)10(16)12(8-9(14)15,19(2,3)4)20(5,6)7/h8H2,1-7H3,(H,13,17)(H,14,15). The van der Waals surface area contributed by atoms with Gasteiger partial charge in [0.1, 0.15) is 0 Å². The number of rotatable bonds is 7. The number of carboxylic acids is 1. The van der Waals surface area contributed by atoms with Gasteiger partial charge in [0.25, 0.3) is 0 Å². The van der Waals surface area contributed by atoms with Gasteiger partial charge >= 0.3 is 11.9 Å². The Morgan fingerprint density at radius 2 is 1.45 bits per heavy atom. The topological polar surface area (TPSA) is 92.7 Å². The minimum atomic E-state index is -2.28. The smallest absolute Gasteiger partial charge is 0.310 e. The Morgan fingerprint density at radius 3 is 1.70 bits per heavy atom. The molecule has 0 unspecified atom stereocenters. The maximum absolute atomic E-state index is 12.7. The number of hydrogen-bond acceptors (Lipinski definition) is 4. The zero-order valence-corrected chi connectivity index (χ0v) is 15.3. The van der Waals surface area contributed by atoms with Gasteiger partial charge in [0.15, 0.2) is 0 Å². The summed E-state index contributed by atoms with van der Waals surface area (Å²) in [6.07, 6.45) is -0.297. The highest BCUT2D eigenvalue weighted by Gasteiger charge is 2.60. The lowest BCUT2D eigenvalue weighted by molar-refractivity contribution is -0.147. The summed E-state index contributed by atoms with van der Waals surface area (Å²) >= 11 is 0. The lowest BCUT2D eigenvalue weighted by Gasteiger charge is -2.49. The molecule has 0 aromatic heterocycles. The number of hydroxylamine groups is 1. The molecule has 0 aliphatic rings. The van der Waals surface area contributed by atoms with Gasteiger partial charge in [-0.25, -0.2) is 5.48 Å². The Hall–Kier alpha value is -0.996. The van der Waals surface area contributed by atoms with Crippen molar-refractivity contribution in [2.75, 3.05) is 7.11 Å². The molecule has 0 aliphatic heterocycles. The van der Waals surface area contributed by atoms with E-state index in [1.54, 1.807) is 0 Å². The molecular formula is C12H25NO5Si2. The summed E-state index contributed by atoms with van der Waals surface area (Å²) in [7, 11) is -3.31. The monoisotopic (exact) mass is 319 g/mol. The molecule has 0 aromatic rings. The van der Waals surface area contributed by atoms with E-state index in [-0.39, 0.29) is 6.42 Å². The number of Topliss-reactive ketones (excluding diaryl/α,β-unsaturated/α-hetero) is 1. The first-order valence-corrected chi connectivity index (χ1v) is 13.4. The maximum atomic E-state index is 12.7. The van der Waals surface area contributed by atoms with Crippen molar-refractivity contribution >= 4 is 33.8 Å². The number of aliphatic carboxylic acids is 1. The summed E-state index contributed by atoms with van der Waals surface area (Å²) in [5.41, 5.74) is 2.03. The molecule has 1 amide bonds. The molecule has 8 heteroatoms. The predicted octanol–water partition coefficient (Wildman–Crippen LogP) is 1.66. The second-order valence-electron chi connectivity index (χ2n) is 6.94. The molecule has 0 saturated carbocycles. The average molecular weight is 320 g/mol. The molecule has 6 nitrogen and oxygen atoms in total. The first kappa shape index (κ1) is 19.0. The summed E-state index contributed by atoms with van der Waals surface area (Å²) in [5, 5.41) is 9.27. The van der Waals surface area contributed by atoms with Crippen molar-refractivity contribution in [1.82, 2.24) is 5.48 Å². The fourth-order valence-electron chi connectivity index (χ4n) is 2.98. The van der Waals surface area contributed by atoms with Crippen LogP contribution >= 0.6 is 0 Å².